The van der Waals surface area contributed by atoms with Gasteiger partial charge in [0.1, 0.15) is 10.7 Å². The van der Waals surface area contributed by atoms with Crippen LogP contribution >= 0.6 is 11.3 Å². The minimum atomic E-state index is -4.17. The van der Waals surface area contributed by atoms with E-state index in [4.69, 9.17) is 14.6 Å². The molecule has 0 fully saturated rings. The Balaban J connectivity index is 2.19. The number of halogens is 1. The van der Waals surface area contributed by atoms with Crippen LogP contribution in [0.15, 0.2) is 45.6 Å². The van der Waals surface area contributed by atoms with Gasteiger partial charge in [-0.25, -0.2) is 23.2 Å². The molecule has 0 spiro atoms. The Bertz CT molecular complexity index is 1230. The van der Waals surface area contributed by atoms with E-state index >= 15 is 0 Å². The maximum atomic E-state index is 14.4. The monoisotopic (exact) mass is 467 g/mol. The Morgan fingerprint density at radius 1 is 1.23 bits per heavy atom. The fourth-order valence-corrected chi connectivity index (χ4v) is 5.70. The molecule has 0 saturated carbocycles. The van der Waals surface area contributed by atoms with E-state index in [0.29, 0.717) is 5.75 Å². The van der Waals surface area contributed by atoms with E-state index in [0.717, 1.165) is 16.2 Å². The molecule has 0 bridgehead atoms. The van der Waals surface area contributed by atoms with Crippen molar-refractivity contribution in [2.24, 2.45) is 0 Å². The summed E-state index contributed by atoms with van der Waals surface area (Å²) < 4.78 is 51.4. The minimum absolute atomic E-state index is 0.109. The van der Waals surface area contributed by atoms with Crippen molar-refractivity contribution in [3.8, 4) is 22.8 Å². The zero-order chi connectivity index (χ0) is 22.8. The van der Waals surface area contributed by atoms with E-state index in [9.17, 15) is 17.6 Å². The van der Waals surface area contributed by atoms with Gasteiger partial charge in [-0.15, -0.1) is 11.3 Å². The topological polar surface area (TPSA) is 119 Å². The molecule has 1 amide bonds. The van der Waals surface area contributed by atoms with Crippen molar-refractivity contribution in [3.63, 3.8) is 0 Å². The zero-order valence-electron chi connectivity index (χ0n) is 16.7. The molecule has 0 atom stereocenters. The summed E-state index contributed by atoms with van der Waals surface area (Å²) >= 11 is 0.763. The summed E-state index contributed by atoms with van der Waals surface area (Å²) in [6.45, 7) is -0.170. The number of pyridine rings is 1. The van der Waals surface area contributed by atoms with Crippen LogP contribution in [-0.4, -0.2) is 55.8 Å². The number of benzene rings is 1. The summed E-state index contributed by atoms with van der Waals surface area (Å²) in [6, 6.07) is 6.88. The highest BCUT2D eigenvalue weighted by Crippen LogP contribution is 2.39. The van der Waals surface area contributed by atoms with Gasteiger partial charge < -0.3 is 19.5 Å². The molecule has 164 valence electrons. The lowest BCUT2D eigenvalue weighted by molar-refractivity contribution is 0.153. The molecule has 0 saturated heterocycles. The second kappa shape index (κ2) is 8.86. The number of methoxy groups -OCH3 is 2. The number of aromatic nitrogens is 2. The SMILES string of the molecule is COc1ccc(S(=O)(=O)c2sc(CN(C)C(=O)O)nc2-c2cccnc2F)cc1OC. The molecule has 0 unspecified atom stereocenters. The first-order valence-electron chi connectivity index (χ1n) is 8.70. The van der Waals surface area contributed by atoms with E-state index in [1.54, 1.807) is 0 Å². The predicted octanol–water partition coefficient (Wildman–Crippen LogP) is 3.30. The molecule has 2 heterocycles. The van der Waals surface area contributed by atoms with E-state index in [1.807, 2.05) is 0 Å². The number of carboxylic acid groups (broad SMARTS) is 1. The van der Waals surface area contributed by atoms with Crippen molar-refractivity contribution in [2.75, 3.05) is 21.3 Å². The molecule has 31 heavy (non-hydrogen) atoms. The largest absolute Gasteiger partial charge is 0.493 e. The summed E-state index contributed by atoms with van der Waals surface area (Å²) in [5.74, 6) is -0.351. The third-order valence-corrected chi connectivity index (χ3v) is 7.56. The smallest absolute Gasteiger partial charge is 0.407 e. The third kappa shape index (κ3) is 4.44. The van der Waals surface area contributed by atoms with Gasteiger partial charge in [0.25, 0.3) is 0 Å². The molecule has 1 N–H and O–H groups in total. The number of nitrogens with zero attached hydrogens (tertiary/aromatic N) is 3. The van der Waals surface area contributed by atoms with Gasteiger partial charge in [0.15, 0.2) is 15.7 Å². The first kappa shape index (κ1) is 22.4. The number of hydrogen-bond acceptors (Lipinski definition) is 8. The van der Waals surface area contributed by atoms with Crippen molar-refractivity contribution in [3.05, 3.63) is 47.5 Å². The molecule has 1 aromatic carbocycles. The second-order valence-corrected chi connectivity index (χ2v) is 9.47. The van der Waals surface area contributed by atoms with Crippen molar-refractivity contribution in [1.29, 1.82) is 0 Å². The summed E-state index contributed by atoms with van der Waals surface area (Å²) in [4.78, 5) is 19.8. The van der Waals surface area contributed by atoms with Crippen molar-refractivity contribution < 1.29 is 32.2 Å². The Hall–Kier alpha value is -3.25. The lowest BCUT2D eigenvalue weighted by Gasteiger charge is -2.10. The molecule has 0 radical (unpaired) electrons. The van der Waals surface area contributed by atoms with Gasteiger partial charge in [-0.05, 0) is 24.3 Å². The van der Waals surface area contributed by atoms with Crippen LogP contribution in [0.2, 0.25) is 0 Å². The maximum absolute atomic E-state index is 14.4. The fourth-order valence-electron chi connectivity index (χ4n) is 2.69. The first-order chi connectivity index (χ1) is 14.7. The van der Waals surface area contributed by atoms with Gasteiger partial charge in [-0.1, -0.05) is 0 Å². The Morgan fingerprint density at radius 2 is 1.94 bits per heavy atom. The van der Waals surface area contributed by atoms with E-state index < -0.39 is 21.9 Å². The van der Waals surface area contributed by atoms with Crippen LogP contribution in [0.3, 0.4) is 0 Å². The number of carbonyl (C=O) groups is 1. The summed E-state index contributed by atoms with van der Waals surface area (Å²) in [7, 11) is -0.0586. The number of amides is 1. The van der Waals surface area contributed by atoms with Crippen LogP contribution in [0.5, 0.6) is 11.5 Å². The fraction of sp³-hybridized carbons (Fsp3) is 0.211. The van der Waals surface area contributed by atoms with Crippen molar-refractivity contribution in [1.82, 2.24) is 14.9 Å². The Morgan fingerprint density at radius 3 is 2.55 bits per heavy atom. The molecule has 0 aliphatic heterocycles. The molecule has 12 heteroatoms. The van der Waals surface area contributed by atoms with Crippen LogP contribution in [0.25, 0.3) is 11.3 Å². The number of ether oxygens (including phenoxy) is 2. The van der Waals surface area contributed by atoms with Crippen LogP contribution < -0.4 is 9.47 Å². The molecule has 0 aliphatic carbocycles. The van der Waals surface area contributed by atoms with Crippen LogP contribution in [-0.2, 0) is 16.4 Å². The maximum Gasteiger partial charge on any atom is 0.407 e. The molecular formula is C19H18FN3O6S2. The van der Waals surface area contributed by atoms with E-state index in [2.05, 4.69) is 9.97 Å². The van der Waals surface area contributed by atoms with Gasteiger partial charge in [0.05, 0.1) is 31.2 Å². The van der Waals surface area contributed by atoms with Crippen LogP contribution in [0.1, 0.15) is 5.01 Å². The highest BCUT2D eigenvalue weighted by Gasteiger charge is 2.30. The van der Waals surface area contributed by atoms with Gasteiger partial charge in [0, 0.05) is 19.3 Å². The summed E-state index contributed by atoms with van der Waals surface area (Å²) in [5, 5.41) is 9.30. The van der Waals surface area contributed by atoms with Crippen molar-refractivity contribution >= 4 is 27.3 Å². The average Bonchev–Trinajstić information content (AvgIpc) is 3.17. The first-order valence-corrected chi connectivity index (χ1v) is 11.0. The lowest BCUT2D eigenvalue weighted by Crippen LogP contribution is -2.23. The average molecular weight is 468 g/mol. The number of sulfone groups is 1. The standard InChI is InChI=1S/C19H18FN3O6S2/c1-23(19(24)25)10-15-22-16(12-5-4-8-21-17(12)20)18(30-15)31(26,27)11-6-7-13(28-2)14(9-11)29-3/h4-9H,10H2,1-3H3,(H,24,25). The number of thiazole rings is 1. The summed E-state index contributed by atoms with van der Waals surface area (Å²) in [6.07, 6.45) is 0.0147. The predicted molar refractivity (Wildman–Crippen MR) is 110 cm³/mol. The Labute approximate surface area is 181 Å². The quantitative estimate of drug-likeness (QED) is 0.526. The zero-order valence-corrected chi connectivity index (χ0v) is 18.3. The highest BCUT2D eigenvalue weighted by molar-refractivity contribution is 7.93. The molecule has 0 aliphatic rings. The van der Waals surface area contributed by atoms with Gasteiger partial charge in [-0.3, -0.25) is 0 Å². The van der Waals surface area contributed by atoms with Gasteiger partial charge in [0.2, 0.25) is 15.8 Å². The minimum Gasteiger partial charge on any atom is -0.493 e. The van der Waals surface area contributed by atoms with Crippen LogP contribution in [0.4, 0.5) is 9.18 Å². The van der Waals surface area contributed by atoms with Crippen LogP contribution in [0, 0.1) is 5.95 Å². The van der Waals surface area contributed by atoms with Gasteiger partial charge >= 0.3 is 6.09 Å². The summed E-state index contributed by atoms with van der Waals surface area (Å²) in [5.41, 5.74) is -0.249. The number of rotatable bonds is 7. The second-order valence-electron chi connectivity index (χ2n) is 6.24. The molecule has 2 aromatic heterocycles. The Kier molecular flexibility index (Phi) is 6.41. The lowest BCUT2D eigenvalue weighted by atomic mass is 10.2. The van der Waals surface area contributed by atoms with E-state index in [-0.39, 0.29) is 37.7 Å². The molecular weight excluding hydrogens is 449 g/mol. The normalized spacial score (nSPS) is 11.2. The third-order valence-electron chi connectivity index (χ3n) is 4.26. The molecule has 9 nitrogen and oxygen atoms in total. The molecule has 3 rings (SSSR count). The highest BCUT2D eigenvalue weighted by atomic mass is 32.2. The van der Waals surface area contributed by atoms with Crippen molar-refractivity contribution in [2.45, 2.75) is 15.6 Å². The number of hydrogen-bond donors (Lipinski definition) is 1. The van der Waals surface area contributed by atoms with E-state index in [1.165, 1.54) is 57.8 Å². The van der Waals surface area contributed by atoms with Gasteiger partial charge in [-0.2, -0.15) is 4.39 Å². The molecule has 3 aromatic rings.